The lowest BCUT2D eigenvalue weighted by molar-refractivity contribution is 0.0879. The van der Waals surface area contributed by atoms with Crippen LogP contribution in [0.15, 0.2) is 24.3 Å². The second-order valence-corrected chi connectivity index (χ2v) is 5.50. The molecule has 0 radical (unpaired) electrons. The van der Waals surface area contributed by atoms with Gasteiger partial charge in [-0.15, -0.1) is 0 Å². The molecule has 1 aliphatic rings. The molecule has 0 aromatic heterocycles. The van der Waals surface area contributed by atoms with Gasteiger partial charge in [0, 0.05) is 20.2 Å². The SMILES string of the molecule is COCC1CCCN(CCCOc2ccccc2N)C1. The maximum atomic E-state index is 5.85. The van der Waals surface area contributed by atoms with E-state index in [2.05, 4.69) is 4.90 Å². The highest BCUT2D eigenvalue weighted by molar-refractivity contribution is 5.51. The Bertz CT molecular complexity index is 396. The van der Waals surface area contributed by atoms with Crippen molar-refractivity contribution in [3.8, 4) is 5.75 Å². The number of hydrogen-bond donors (Lipinski definition) is 1. The molecular formula is C16H26N2O2. The Balaban J connectivity index is 1.64. The minimum Gasteiger partial charge on any atom is -0.491 e. The van der Waals surface area contributed by atoms with Gasteiger partial charge in [0.25, 0.3) is 0 Å². The smallest absolute Gasteiger partial charge is 0.142 e. The first-order valence-electron chi connectivity index (χ1n) is 7.48. The van der Waals surface area contributed by atoms with Gasteiger partial charge in [-0.05, 0) is 43.9 Å². The summed E-state index contributed by atoms with van der Waals surface area (Å²) in [5.74, 6) is 1.49. The number of methoxy groups -OCH3 is 1. The van der Waals surface area contributed by atoms with E-state index in [1.54, 1.807) is 7.11 Å². The lowest BCUT2D eigenvalue weighted by Gasteiger charge is -2.32. The first-order valence-corrected chi connectivity index (χ1v) is 7.48. The average Bonchev–Trinajstić information content (AvgIpc) is 2.46. The summed E-state index contributed by atoms with van der Waals surface area (Å²) in [5.41, 5.74) is 6.56. The molecular weight excluding hydrogens is 252 g/mol. The highest BCUT2D eigenvalue weighted by Crippen LogP contribution is 2.20. The largest absolute Gasteiger partial charge is 0.491 e. The Labute approximate surface area is 121 Å². The summed E-state index contributed by atoms with van der Waals surface area (Å²) >= 11 is 0. The Hall–Kier alpha value is -1.26. The number of rotatable bonds is 7. The third-order valence-electron chi connectivity index (χ3n) is 3.80. The molecule has 1 atom stereocenters. The molecule has 0 aliphatic carbocycles. The molecule has 4 heteroatoms. The maximum Gasteiger partial charge on any atom is 0.142 e. The molecule has 0 spiro atoms. The second-order valence-electron chi connectivity index (χ2n) is 5.50. The molecule has 1 saturated heterocycles. The van der Waals surface area contributed by atoms with Gasteiger partial charge in [-0.2, -0.15) is 0 Å². The fraction of sp³-hybridized carbons (Fsp3) is 0.625. The van der Waals surface area contributed by atoms with Crippen molar-refractivity contribution in [2.45, 2.75) is 19.3 Å². The molecule has 1 aliphatic heterocycles. The highest BCUT2D eigenvalue weighted by atomic mass is 16.5. The molecule has 20 heavy (non-hydrogen) atoms. The van der Waals surface area contributed by atoms with Gasteiger partial charge >= 0.3 is 0 Å². The Kier molecular flexibility index (Phi) is 6.15. The molecule has 1 heterocycles. The normalized spacial score (nSPS) is 19.9. The minimum absolute atomic E-state index is 0.694. The van der Waals surface area contributed by atoms with E-state index in [9.17, 15) is 0 Å². The van der Waals surface area contributed by atoms with Crippen LogP contribution in [0.1, 0.15) is 19.3 Å². The van der Waals surface area contributed by atoms with Crippen LogP contribution in [-0.4, -0.2) is 44.9 Å². The number of nitrogen functional groups attached to an aromatic ring is 1. The van der Waals surface area contributed by atoms with Gasteiger partial charge in [0.1, 0.15) is 5.75 Å². The van der Waals surface area contributed by atoms with Gasteiger partial charge < -0.3 is 20.1 Å². The number of hydrogen-bond acceptors (Lipinski definition) is 4. The number of ether oxygens (including phenoxy) is 2. The summed E-state index contributed by atoms with van der Waals surface area (Å²) in [5, 5.41) is 0. The summed E-state index contributed by atoms with van der Waals surface area (Å²) in [6.45, 7) is 5.05. The predicted molar refractivity (Wildman–Crippen MR) is 82.0 cm³/mol. The molecule has 1 unspecified atom stereocenters. The summed E-state index contributed by atoms with van der Waals surface area (Å²) in [6.07, 6.45) is 3.61. The van der Waals surface area contributed by atoms with Crippen molar-refractivity contribution >= 4 is 5.69 Å². The van der Waals surface area contributed by atoms with E-state index in [4.69, 9.17) is 15.2 Å². The van der Waals surface area contributed by atoms with Crippen LogP contribution in [0.25, 0.3) is 0 Å². The lowest BCUT2D eigenvalue weighted by Crippen LogP contribution is -2.38. The van der Waals surface area contributed by atoms with Gasteiger partial charge in [-0.3, -0.25) is 0 Å². The quantitative estimate of drug-likeness (QED) is 0.614. The Morgan fingerprint density at radius 3 is 3.00 bits per heavy atom. The number of nitrogens with two attached hydrogens (primary N) is 1. The molecule has 0 bridgehead atoms. The molecule has 2 rings (SSSR count). The van der Waals surface area contributed by atoms with Crippen LogP contribution in [0.2, 0.25) is 0 Å². The van der Waals surface area contributed by atoms with Gasteiger partial charge in [0.15, 0.2) is 0 Å². The number of piperidine rings is 1. The molecule has 0 amide bonds. The summed E-state index contributed by atoms with van der Waals surface area (Å²) in [7, 11) is 1.79. The third kappa shape index (κ3) is 4.69. The fourth-order valence-electron chi connectivity index (χ4n) is 2.81. The number of anilines is 1. The van der Waals surface area contributed by atoms with E-state index in [0.29, 0.717) is 11.6 Å². The molecule has 2 N–H and O–H groups in total. The number of likely N-dealkylation sites (tertiary alicyclic amines) is 1. The first-order chi connectivity index (χ1) is 9.79. The van der Waals surface area contributed by atoms with E-state index in [0.717, 1.165) is 38.5 Å². The number of benzene rings is 1. The van der Waals surface area contributed by atoms with Crippen LogP contribution in [0.3, 0.4) is 0 Å². The number of para-hydroxylation sites is 2. The zero-order valence-corrected chi connectivity index (χ0v) is 12.4. The lowest BCUT2D eigenvalue weighted by atomic mass is 9.99. The summed E-state index contributed by atoms with van der Waals surface area (Å²) in [4.78, 5) is 2.52. The molecule has 0 saturated carbocycles. The van der Waals surface area contributed by atoms with Gasteiger partial charge in [0.05, 0.1) is 18.9 Å². The monoisotopic (exact) mass is 278 g/mol. The third-order valence-corrected chi connectivity index (χ3v) is 3.80. The average molecular weight is 278 g/mol. The van der Waals surface area contributed by atoms with Gasteiger partial charge in [-0.25, -0.2) is 0 Å². The number of nitrogens with zero attached hydrogens (tertiary/aromatic N) is 1. The molecule has 4 nitrogen and oxygen atoms in total. The van der Waals surface area contributed by atoms with Crippen molar-refractivity contribution in [3.63, 3.8) is 0 Å². The summed E-state index contributed by atoms with van der Waals surface area (Å²) < 4.78 is 11.0. The van der Waals surface area contributed by atoms with Crippen molar-refractivity contribution in [2.75, 3.05) is 45.7 Å². The van der Waals surface area contributed by atoms with Crippen molar-refractivity contribution in [1.29, 1.82) is 0 Å². The Morgan fingerprint density at radius 2 is 2.20 bits per heavy atom. The molecule has 1 aromatic carbocycles. The highest BCUT2D eigenvalue weighted by Gasteiger charge is 2.19. The zero-order valence-electron chi connectivity index (χ0n) is 12.4. The van der Waals surface area contributed by atoms with E-state index in [1.807, 2.05) is 24.3 Å². The van der Waals surface area contributed by atoms with Crippen molar-refractivity contribution < 1.29 is 9.47 Å². The van der Waals surface area contributed by atoms with E-state index < -0.39 is 0 Å². The predicted octanol–water partition coefficient (Wildman–Crippen LogP) is 2.40. The topological polar surface area (TPSA) is 47.7 Å². The van der Waals surface area contributed by atoms with E-state index in [1.165, 1.54) is 19.4 Å². The van der Waals surface area contributed by atoms with Crippen molar-refractivity contribution in [3.05, 3.63) is 24.3 Å². The van der Waals surface area contributed by atoms with E-state index in [-0.39, 0.29) is 0 Å². The van der Waals surface area contributed by atoms with Crippen LogP contribution >= 0.6 is 0 Å². The van der Waals surface area contributed by atoms with Crippen LogP contribution in [0.4, 0.5) is 5.69 Å². The molecule has 1 aromatic rings. The van der Waals surface area contributed by atoms with Crippen LogP contribution in [0, 0.1) is 5.92 Å². The standard InChI is InChI=1S/C16H26N2O2/c1-19-13-14-6-4-9-18(12-14)10-5-11-20-16-8-3-2-7-15(16)17/h2-3,7-8,14H,4-6,9-13,17H2,1H3. The Morgan fingerprint density at radius 1 is 1.35 bits per heavy atom. The van der Waals surface area contributed by atoms with Crippen LogP contribution in [-0.2, 0) is 4.74 Å². The maximum absolute atomic E-state index is 5.85. The zero-order chi connectivity index (χ0) is 14.2. The first kappa shape index (κ1) is 15.1. The molecule has 112 valence electrons. The van der Waals surface area contributed by atoms with Gasteiger partial charge in [-0.1, -0.05) is 12.1 Å². The van der Waals surface area contributed by atoms with E-state index >= 15 is 0 Å². The van der Waals surface area contributed by atoms with Crippen LogP contribution < -0.4 is 10.5 Å². The van der Waals surface area contributed by atoms with Crippen molar-refractivity contribution in [1.82, 2.24) is 4.90 Å². The second kappa shape index (κ2) is 8.12. The molecule has 1 fully saturated rings. The van der Waals surface area contributed by atoms with Crippen molar-refractivity contribution in [2.24, 2.45) is 5.92 Å². The van der Waals surface area contributed by atoms with Crippen LogP contribution in [0.5, 0.6) is 5.75 Å². The summed E-state index contributed by atoms with van der Waals surface area (Å²) in [6, 6.07) is 7.66. The minimum atomic E-state index is 0.694. The van der Waals surface area contributed by atoms with Gasteiger partial charge in [0.2, 0.25) is 0 Å². The fourth-order valence-corrected chi connectivity index (χ4v) is 2.81.